The molecular weight excluding hydrogens is 305 g/mol. The van der Waals surface area contributed by atoms with Gasteiger partial charge >= 0.3 is 0 Å². The molecular formula is C19H18FN3O. The molecule has 0 spiro atoms. The molecule has 3 heterocycles. The standard InChI is InChI=1S/C19H18FN3O/c1-13-10-14(20)12-15(11-13)23-8-5-16-18(6-9-23)24-19(22-16)17-4-2-3-7-21-17/h2-4,7,10-12H,5-6,8-9H2,1H3. The van der Waals surface area contributed by atoms with Crippen LogP contribution in [0, 0.1) is 12.7 Å². The van der Waals surface area contributed by atoms with Crippen molar-refractivity contribution in [2.75, 3.05) is 18.0 Å². The first kappa shape index (κ1) is 14.9. The van der Waals surface area contributed by atoms with E-state index in [-0.39, 0.29) is 5.82 Å². The maximum Gasteiger partial charge on any atom is 0.245 e. The number of aryl methyl sites for hydroxylation is 1. The fourth-order valence-corrected chi connectivity index (χ4v) is 3.12. The number of nitrogens with zero attached hydrogens (tertiary/aromatic N) is 3. The van der Waals surface area contributed by atoms with Gasteiger partial charge in [-0.3, -0.25) is 4.98 Å². The van der Waals surface area contributed by atoms with Crippen LogP contribution < -0.4 is 4.90 Å². The van der Waals surface area contributed by atoms with E-state index in [4.69, 9.17) is 4.42 Å². The highest BCUT2D eigenvalue weighted by Gasteiger charge is 2.21. The molecule has 1 aliphatic rings. The number of hydrogen-bond donors (Lipinski definition) is 0. The lowest BCUT2D eigenvalue weighted by Gasteiger charge is -2.23. The summed E-state index contributed by atoms with van der Waals surface area (Å²) in [4.78, 5) is 11.1. The van der Waals surface area contributed by atoms with Crippen molar-refractivity contribution in [1.29, 1.82) is 0 Å². The average molecular weight is 323 g/mol. The Kier molecular flexibility index (Phi) is 3.76. The van der Waals surface area contributed by atoms with Gasteiger partial charge in [-0.1, -0.05) is 6.07 Å². The van der Waals surface area contributed by atoms with Gasteiger partial charge in [0, 0.05) is 37.8 Å². The summed E-state index contributed by atoms with van der Waals surface area (Å²) in [5, 5.41) is 0. The Hall–Kier alpha value is -2.69. The number of anilines is 1. The molecule has 5 heteroatoms. The highest BCUT2D eigenvalue weighted by Crippen LogP contribution is 2.26. The van der Waals surface area contributed by atoms with E-state index in [1.54, 1.807) is 18.3 Å². The van der Waals surface area contributed by atoms with Gasteiger partial charge in [-0.2, -0.15) is 0 Å². The maximum absolute atomic E-state index is 13.7. The van der Waals surface area contributed by atoms with Crippen LogP contribution in [-0.4, -0.2) is 23.1 Å². The number of rotatable bonds is 2. The minimum Gasteiger partial charge on any atom is -0.440 e. The normalized spacial score (nSPS) is 14.3. The molecule has 0 N–H and O–H groups in total. The summed E-state index contributed by atoms with van der Waals surface area (Å²) in [6.45, 7) is 3.49. The van der Waals surface area contributed by atoms with Crippen LogP contribution in [0.25, 0.3) is 11.6 Å². The monoisotopic (exact) mass is 323 g/mol. The number of halogens is 1. The molecule has 0 saturated heterocycles. The van der Waals surface area contributed by atoms with Crippen molar-refractivity contribution < 1.29 is 8.81 Å². The first-order valence-electron chi connectivity index (χ1n) is 8.11. The quantitative estimate of drug-likeness (QED) is 0.719. The van der Waals surface area contributed by atoms with Crippen LogP contribution >= 0.6 is 0 Å². The number of fused-ring (bicyclic) bond motifs is 1. The molecule has 0 bridgehead atoms. The summed E-state index contributed by atoms with van der Waals surface area (Å²) in [6.07, 6.45) is 3.27. The Morgan fingerprint density at radius 2 is 2.00 bits per heavy atom. The number of benzene rings is 1. The summed E-state index contributed by atoms with van der Waals surface area (Å²) in [7, 11) is 0. The van der Waals surface area contributed by atoms with E-state index in [0.717, 1.165) is 54.3 Å². The van der Waals surface area contributed by atoms with Crippen LogP contribution in [0.4, 0.5) is 10.1 Å². The average Bonchev–Trinajstić information content (AvgIpc) is 2.88. The molecule has 4 nitrogen and oxygen atoms in total. The highest BCUT2D eigenvalue weighted by atomic mass is 19.1. The van der Waals surface area contributed by atoms with Crippen LogP contribution in [0.3, 0.4) is 0 Å². The molecule has 0 aliphatic carbocycles. The molecule has 1 aromatic carbocycles. The van der Waals surface area contributed by atoms with Gasteiger partial charge in [0.1, 0.15) is 17.3 Å². The Labute approximate surface area is 140 Å². The maximum atomic E-state index is 13.7. The number of oxazole rings is 1. The van der Waals surface area contributed by atoms with Crippen molar-refractivity contribution in [2.24, 2.45) is 0 Å². The minimum atomic E-state index is -0.193. The molecule has 24 heavy (non-hydrogen) atoms. The predicted molar refractivity (Wildman–Crippen MR) is 90.5 cm³/mol. The van der Waals surface area contributed by atoms with Crippen molar-refractivity contribution in [3.63, 3.8) is 0 Å². The smallest absolute Gasteiger partial charge is 0.245 e. The van der Waals surface area contributed by atoms with Crippen LogP contribution in [0.15, 0.2) is 47.0 Å². The van der Waals surface area contributed by atoms with Crippen LogP contribution in [0.1, 0.15) is 17.0 Å². The molecule has 3 aromatic rings. The van der Waals surface area contributed by atoms with Gasteiger partial charge in [0.2, 0.25) is 5.89 Å². The lowest BCUT2D eigenvalue weighted by atomic mass is 10.2. The minimum absolute atomic E-state index is 0.193. The first-order chi connectivity index (χ1) is 11.7. The second-order valence-electron chi connectivity index (χ2n) is 6.08. The Morgan fingerprint density at radius 1 is 1.12 bits per heavy atom. The second kappa shape index (κ2) is 6.07. The van der Waals surface area contributed by atoms with Crippen LogP contribution in [0.5, 0.6) is 0 Å². The van der Waals surface area contributed by atoms with E-state index < -0.39 is 0 Å². The van der Waals surface area contributed by atoms with Gasteiger partial charge in [-0.15, -0.1) is 0 Å². The zero-order chi connectivity index (χ0) is 16.5. The summed E-state index contributed by atoms with van der Waals surface area (Å²) in [5.74, 6) is 1.29. The van der Waals surface area contributed by atoms with E-state index in [1.165, 1.54) is 0 Å². The van der Waals surface area contributed by atoms with E-state index >= 15 is 0 Å². The molecule has 0 radical (unpaired) electrons. The van der Waals surface area contributed by atoms with Crippen molar-refractivity contribution in [3.8, 4) is 11.6 Å². The predicted octanol–water partition coefficient (Wildman–Crippen LogP) is 3.79. The second-order valence-corrected chi connectivity index (χ2v) is 6.08. The van der Waals surface area contributed by atoms with Crippen molar-refractivity contribution >= 4 is 5.69 Å². The van der Waals surface area contributed by atoms with E-state index in [2.05, 4.69) is 14.9 Å². The lowest BCUT2D eigenvalue weighted by Crippen LogP contribution is -2.26. The Bertz CT molecular complexity index is 815. The summed E-state index contributed by atoms with van der Waals surface area (Å²) in [5.41, 5.74) is 3.58. The molecule has 0 unspecified atom stereocenters. The fraction of sp³-hybridized carbons (Fsp3) is 0.263. The summed E-state index contributed by atoms with van der Waals surface area (Å²) < 4.78 is 19.6. The SMILES string of the molecule is Cc1cc(F)cc(N2CCc3nc(-c4ccccn4)oc3CC2)c1. The topological polar surface area (TPSA) is 42.2 Å². The van der Waals surface area contributed by atoms with Crippen molar-refractivity contribution in [3.05, 3.63) is 65.4 Å². The molecule has 1 aliphatic heterocycles. The van der Waals surface area contributed by atoms with Gasteiger partial charge in [-0.25, -0.2) is 9.37 Å². The fourth-order valence-electron chi connectivity index (χ4n) is 3.12. The van der Waals surface area contributed by atoms with E-state index in [0.29, 0.717) is 5.89 Å². The van der Waals surface area contributed by atoms with Gasteiger partial charge in [-0.05, 0) is 42.8 Å². The summed E-state index contributed by atoms with van der Waals surface area (Å²) >= 11 is 0. The molecule has 2 aromatic heterocycles. The van der Waals surface area contributed by atoms with Crippen LogP contribution in [-0.2, 0) is 12.8 Å². The summed E-state index contributed by atoms with van der Waals surface area (Å²) in [6, 6.07) is 10.8. The lowest BCUT2D eigenvalue weighted by molar-refractivity contribution is 0.516. The third-order valence-corrected chi connectivity index (χ3v) is 4.28. The van der Waals surface area contributed by atoms with Gasteiger partial charge in [0.05, 0.1) is 5.69 Å². The van der Waals surface area contributed by atoms with Crippen LogP contribution in [0.2, 0.25) is 0 Å². The molecule has 4 rings (SSSR count). The van der Waals surface area contributed by atoms with E-state index in [1.807, 2.05) is 31.2 Å². The van der Waals surface area contributed by atoms with Crippen molar-refractivity contribution in [1.82, 2.24) is 9.97 Å². The first-order valence-corrected chi connectivity index (χ1v) is 8.11. The largest absolute Gasteiger partial charge is 0.440 e. The Morgan fingerprint density at radius 3 is 2.79 bits per heavy atom. The number of hydrogen-bond acceptors (Lipinski definition) is 4. The molecule has 0 atom stereocenters. The third-order valence-electron chi connectivity index (χ3n) is 4.28. The highest BCUT2D eigenvalue weighted by molar-refractivity contribution is 5.51. The van der Waals surface area contributed by atoms with Crippen molar-refractivity contribution in [2.45, 2.75) is 19.8 Å². The molecule has 0 fully saturated rings. The Balaban J connectivity index is 1.56. The van der Waals surface area contributed by atoms with E-state index in [9.17, 15) is 4.39 Å². The van der Waals surface area contributed by atoms with Gasteiger partial charge in [0.25, 0.3) is 0 Å². The zero-order valence-electron chi connectivity index (χ0n) is 13.5. The zero-order valence-corrected chi connectivity index (χ0v) is 13.5. The molecule has 122 valence electrons. The third kappa shape index (κ3) is 2.89. The number of aromatic nitrogens is 2. The van der Waals surface area contributed by atoms with Gasteiger partial charge < -0.3 is 9.32 Å². The molecule has 0 amide bonds. The number of pyridine rings is 1. The van der Waals surface area contributed by atoms with Gasteiger partial charge in [0.15, 0.2) is 0 Å². The molecule has 0 saturated carbocycles.